The van der Waals surface area contributed by atoms with Gasteiger partial charge in [-0.25, -0.2) is 5.01 Å². The lowest BCUT2D eigenvalue weighted by Crippen LogP contribution is -2.26. The van der Waals surface area contributed by atoms with Crippen LogP contribution in [0, 0.1) is 0 Å². The Balaban J connectivity index is 2.02. The first kappa shape index (κ1) is 15.6. The number of ether oxygens (including phenoxy) is 1. The summed E-state index contributed by atoms with van der Waals surface area (Å²) in [4.78, 5) is 13.4. The fourth-order valence-electron chi connectivity index (χ4n) is 2.76. The maximum Gasteiger partial charge on any atom is 0.242 e. The van der Waals surface area contributed by atoms with E-state index in [1.165, 1.54) is 12.1 Å². The van der Waals surface area contributed by atoms with E-state index in [0.717, 1.165) is 16.2 Å². The molecule has 1 aliphatic rings. The molecule has 0 saturated heterocycles. The number of methoxy groups -OCH3 is 1. The van der Waals surface area contributed by atoms with Gasteiger partial charge < -0.3 is 9.84 Å². The number of nitrogens with zero attached hydrogens (tertiary/aromatic N) is 2. The molecule has 5 nitrogen and oxygen atoms in total. The lowest BCUT2D eigenvalue weighted by atomic mass is 9.99. The van der Waals surface area contributed by atoms with Crippen LogP contribution in [0.15, 0.2) is 40.8 Å². The van der Waals surface area contributed by atoms with Gasteiger partial charge in [-0.2, -0.15) is 5.10 Å². The summed E-state index contributed by atoms with van der Waals surface area (Å²) in [7, 11) is 1.51. The summed E-state index contributed by atoms with van der Waals surface area (Å²) in [6, 6.07) is 8.90. The number of carbonyl (C=O) groups is 1. The minimum atomic E-state index is -0.262. The average Bonchev–Trinajstić information content (AvgIpc) is 3.22. The van der Waals surface area contributed by atoms with Crippen molar-refractivity contribution in [3.05, 3.63) is 46.2 Å². The molecule has 0 radical (unpaired) electrons. The molecular formula is C17H18N2O3S. The van der Waals surface area contributed by atoms with Crippen LogP contribution < -0.4 is 4.74 Å². The third-order valence-corrected chi connectivity index (χ3v) is 4.78. The molecule has 120 valence electrons. The van der Waals surface area contributed by atoms with Crippen LogP contribution in [0.2, 0.25) is 0 Å². The Kier molecular flexibility index (Phi) is 4.34. The molecule has 0 bridgehead atoms. The van der Waals surface area contributed by atoms with Gasteiger partial charge in [-0.05, 0) is 17.5 Å². The Bertz CT molecular complexity index is 740. The van der Waals surface area contributed by atoms with Crippen molar-refractivity contribution in [2.24, 2.45) is 5.10 Å². The van der Waals surface area contributed by atoms with Crippen molar-refractivity contribution in [3.63, 3.8) is 0 Å². The normalized spacial score (nSPS) is 17.2. The molecule has 1 aromatic carbocycles. The van der Waals surface area contributed by atoms with Crippen molar-refractivity contribution in [2.75, 3.05) is 7.11 Å². The lowest BCUT2D eigenvalue weighted by molar-refractivity contribution is -0.132. The van der Waals surface area contributed by atoms with Crippen molar-refractivity contribution in [1.29, 1.82) is 0 Å². The number of amides is 1. The minimum absolute atomic E-state index is 0.0491. The van der Waals surface area contributed by atoms with Gasteiger partial charge in [0.25, 0.3) is 0 Å². The van der Waals surface area contributed by atoms with E-state index in [-0.39, 0.29) is 17.7 Å². The Labute approximate surface area is 138 Å². The summed E-state index contributed by atoms with van der Waals surface area (Å²) in [6.07, 6.45) is 0.977. The Morgan fingerprint density at radius 3 is 2.91 bits per heavy atom. The number of rotatable bonds is 4. The molecule has 0 fully saturated rings. The van der Waals surface area contributed by atoms with Gasteiger partial charge >= 0.3 is 0 Å². The monoisotopic (exact) mass is 330 g/mol. The molecule has 6 heteroatoms. The standard InChI is InChI=1S/C17H18N2O3S/c1-3-16(21)19-13(10-12(18-19)15-8-5-9-23-15)11-6-4-7-14(20)17(11)22-2/h4-9,13,20H,3,10H2,1-2H3/t13-/m0/s1. The van der Waals surface area contributed by atoms with Crippen LogP contribution in [-0.2, 0) is 4.79 Å². The van der Waals surface area contributed by atoms with E-state index in [2.05, 4.69) is 5.10 Å². The van der Waals surface area contributed by atoms with E-state index in [1.807, 2.05) is 30.5 Å². The summed E-state index contributed by atoms with van der Waals surface area (Å²) < 4.78 is 5.34. The van der Waals surface area contributed by atoms with Crippen molar-refractivity contribution in [2.45, 2.75) is 25.8 Å². The topological polar surface area (TPSA) is 62.1 Å². The third-order valence-electron chi connectivity index (χ3n) is 3.86. The Hall–Kier alpha value is -2.34. The molecule has 3 rings (SSSR count). The van der Waals surface area contributed by atoms with Gasteiger partial charge in [0, 0.05) is 18.4 Å². The van der Waals surface area contributed by atoms with Gasteiger partial charge in [-0.1, -0.05) is 25.1 Å². The second kappa shape index (κ2) is 6.42. The van der Waals surface area contributed by atoms with Crippen molar-refractivity contribution in [3.8, 4) is 11.5 Å². The van der Waals surface area contributed by atoms with E-state index in [0.29, 0.717) is 18.6 Å². The molecule has 2 aromatic rings. The van der Waals surface area contributed by atoms with Gasteiger partial charge in [0.1, 0.15) is 0 Å². The number of hydrazone groups is 1. The molecule has 0 spiro atoms. The van der Waals surface area contributed by atoms with Crippen LogP contribution in [0.4, 0.5) is 0 Å². The van der Waals surface area contributed by atoms with Crippen LogP contribution >= 0.6 is 11.3 Å². The van der Waals surface area contributed by atoms with Gasteiger partial charge in [-0.3, -0.25) is 4.79 Å². The maximum absolute atomic E-state index is 12.3. The van der Waals surface area contributed by atoms with Gasteiger partial charge in [0.05, 0.1) is 23.7 Å². The number of hydrogen-bond donors (Lipinski definition) is 1. The SMILES string of the molecule is CCC(=O)N1N=C(c2cccs2)C[C@H]1c1cccc(O)c1OC. The number of hydrogen-bond acceptors (Lipinski definition) is 5. The summed E-state index contributed by atoms with van der Waals surface area (Å²) in [6.45, 7) is 1.82. The van der Waals surface area contributed by atoms with Gasteiger partial charge in [0.15, 0.2) is 11.5 Å². The number of para-hydroxylation sites is 1. The predicted molar refractivity (Wildman–Crippen MR) is 90.0 cm³/mol. The summed E-state index contributed by atoms with van der Waals surface area (Å²) in [5, 5.41) is 18.1. The molecule has 1 aromatic heterocycles. The summed E-state index contributed by atoms with van der Waals surface area (Å²) >= 11 is 1.60. The molecule has 1 atom stereocenters. The van der Waals surface area contributed by atoms with Crippen LogP contribution in [0.25, 0.3) is 0 Å². The molecule has 23 heavy (non-hydrogen) atoms. The van der Waals surface area contributed by atoms with Crippen LogP contribution in [0.5, 0.6) is 11.5 Å². The highest BCUT2D eigenvalue weighted by atomic mass is 32.1. The minimum Gasteiger partial charge on any atom is -0.504 e. The fraction of sp³-hybridized carbons (Fsp3) is 0.294. The first-order valence-electron chi connectivity index (χ1n) is 7.45. The van der Waals surface area contributed by atoms with E-state index in [1.54, 1.807) is 23.5 Å². The van der Waals surface area contributed by atoms with Gasteiger partial charge in [-0.15, -0.1) is 11.3 Å². The van der Waals surface area contributed by atoms with E-state index >= 15 is 0 Å². The summed E-state index contributed by atoms with van der Waals surface area (Å²) in [5.41, 5.74) is 1.65. The van der Waals surface area contributed by atoms with E-state index < -0.39 is 0 Å². The lowest BCUT2D eigenvalue weighted by Gasteiger charge is -2.23. The van der Waals surface area contributed by atoms with Crippen molar-refractivity contribution >= 4 is 23.0 Å². The molecule has 0 unspecified atom stereocenters. The maximum atomic E-state index is 12.3. The van der Waals surface area contributed by atoms with Crippen LogP contribution in [0.3, 0.4) is 0 Å². The number of phenolic OH excluding ortho intramolecular Hbond substituents is 1. The van der Waals surface area contributed by atoms with Crippen molar-refractivity contribution < 1.29 is 14.6 Å². The smallest absolute Gasteiger partial charge is 0.242 e. The quantitative estimate of drug-likeness (QED) is 0.932. The van der Waals surface area contributed by atoms with Gasteiger partial charge in [0.2, 0.25) is 5.91 Å². The van der Waals surface area contributed by atoms with Crippen molar-refractivity contribution in [1.82, 2.24) is 5.01 Å². The highest BCUT2D eigenvalue weighted by Gasteiger charge is 2.34. The predicted octanol–water partition coefficient (Wildman–Crippen LogP) is 3.55. The second-order valence-corrected chi connectivity index (χ2v) is 6.18. The molecule has 2 heterocycles. The number of benzene rings is 1. The number of carbonyl (C=O) groups excluding carboxylic acids is 1. The molecule has 0 saturated carbocycles. The Morgan fingerprint density at radius 1 is 1.43 bits per heavy atom. The molecular weight excluding hydrogens is 312 g/mol. The molecule has 0 aliphatic carbocycles. The number of phenols is 1. The summed E-state index contributed by atoms with van der Waals surface area (Å²) in [5.74, 6) is 0.416. The van der Waals surface area contributed by atoms with E-state index in [9.17, 15) is 9.90 Å². The first-order chi connectivity index (χ1) is 11.2. The first-order valence-corrected chi connectivity index (χ1v) is 8.33. The largest absolute Gasteiger partial charge is 0.504 e. The molecule has 1 N–H and O–H groups in total. The van der Waals surface area contributed by atoms with Crippen LogP contribution in [-0.4, -0.2) is 28.8 Å². The highest BCUT2D eigenvalue weighted by molar-refractivity contribution is 7.12. The zero-order chi connectivity index (χ0) is 16.4. The molecule has 1 amide bonds. The van der Waals surface area contributed by atoms with Crippen LogP contribution in [0.1, 0.15) is 36.2 Å². The number of thiophene rings is 1. The zero-order valence-electron chi connectivity index (χ0n) is 13.0. The zero-order valence-corrected chi connectivity index (χ0v) is 13.8. The second-order valence-electron chi connectivity index (χ2n) is 5.24. The average molecular weight is 330 g/mol. The highest BCUT2D eigenvalue weighted by Crippen LogP contribution is 2.41. The van der Waals surface area contributed by atoms with E-state index in [4.69, 9.17) is 4.74 Å². The fourth-order valence-corrected chi connectivity index (χ4v) is 3.48. The number of aromatic hydroxyl groups is 1. The molecule has 1 aliphatic heterocycles. The Morgan fingerprint density at radius 2 is 2.26 bits per heavy atom. The third kappa shape index (κ3) is 2.82.